The molecule has 2 N–H and O–H groups in total. The van der Waals surface area contributed by atoms with Crippen molar-refractivity contribution in [1.29, 1.82) is 0 Å². The smallest absolute Gasteiger partial charge is 0.260 e. The van der Waals surface area contributed by atoms with Crippen LogP contribution in [0.1, 0.15) is 32.3 Å². The Morgan fingerprint density at radius 1 is 1.03 bits per heavy atom. The molecule has 0 saturated carbocycles. The summed E-state index contributed by atoms with van der Waals surface area (Å²) in [6.45, 7) is 5.69. The molecule has 0 aromatic heterocycles. The lowest BCUT2D eigenvalue weighted by Crippen LogP contribution is -2.49. The average Bonchev–Trinajstić information content (AvgIpc) is 2.75. The third-order valence-electron chi connectivity index (χ3n) is 5.32. The number of rotatable bonds is 7. The van der Waals surface area contributed by atoms with Gasteiger partial charge in [0.1, 0.15) is 5.75 Å². The minimum Gasteiger partial charge on any atom is -0.481 e. The van der Waals surface area contributed by atoms with E-state index in [2.05, 4.69) is 10.6 Å². The summed E-state index contributed by atoms with van der Waals surface area (Å²) in [5, 5.41) is 5.58. The first-order valence-electron chi connectivity index (χ1n) is 10.6. The van der Waals surface area contributed by atoms with Crippen LogP contribution < -0.4 is 15.4 Å². The fourth-order valence-electron chi connectivity index (χ4n) is 3.50. The predicted octanol–water partition coefficient (Wildman–Crippen LogP) is 2.69. The van der Waals surface area contributed by atoms with Gasteiger partial charge in [0, 0.05) is 31.7 Å². The van der Waals surface area contributed by atoms with Crippen molar-refractivity contribution in [3.05, 3.63) is 54.1 Å². The van der Waals surface area contributed by atoms with Crippen molar-refractivity contribution in [1.82, 2.24) is 9.62 Å². The molecule has 0 radical (unpaired) electrons. The molecule has 9 heteroatoms. The third-order valence-corrected chi connectivity index (χ3v) is 7.23. The summed E-state index contributed by atoms with van der Waals surface area (Å²) in [4.78, 5) is 23.8. The number of amides is 2. The Labute approximate surface area is 189 Å². The lowest BCUT2D eigenvalue weighted by atomic mass is 10.1. The van der Waals surface area contributed by atoms with E-state index in [1.54, 1.807) is 19.1 Å². The standard InChI is InChI=1S/C23H29N3O5S/c1-16-4-8-21(9-5-16)31-17(2)23(28)25-20-12-14-26(15-13-20)32(29,30)22-10-6-19(7-11-22)24-18(3)27/h4-11,17,20H,12-15H2,1-3H3,(H,24,27)(H,25,28). The molecule has 172 valence electrons. The fourth-order valence-corrected chi connectivity index (χ4v) is 4.97. The highest BCUT2D eigenvalue weighted by atomic mass is 32.2. The van der Waals surface area contributed by atoms with Crippen molar-refractivity contribution in [3.8, 4) is 5.75 Å². The molecule has 32 heavy (non-hydrogen) atoms. The highest BCUT2D eigenvalue weighted by Crippen LogP contribution is 2.22. The number of nitrogens with zero attached hydrogens (tertiary/aromatic N) is 1. The second-order valence-corrected chi connectivity index (χ2v) is 9.90. The first-order valence-corrected chi connectivity index (χ1v) is 12.0. The van der Waals surface area contributed by atoms with Crippen LogP contribution in [0.25, 0.3) is 0 Å². The van der Waals surface area contributed by atoms with Crippen molar-refractivity contribution < 1.29 is 22.7 Å². The molecule has 3 rings (SSSR count). The van der Waals surface area contributed by atoms with Gasteiger partial charge in [-0.15, -0.1) is 0 Å². The normalized spacial score (nSPS) is 16.2. The fraction of sp³-hybridized carbons (Fsp3) is 0.391. The quantitative estimate of drug-likeness (QED) is 0.662. The topological polar surface area (TPSA) is 105 Å². The summed E-state index contributed by atoms with van der Waals surface area (Å²) >= 11 is 0. The summed E-state index contributed by atoms with van der Waals surface area (Å²) < 4.78 is 33.0. The van der Waals surface area contributed by atoms with Crippen molar-refractivity contribution in [2.45, 2.75) is 50.7 Å². The lowest BCUT2D eigenvalue weighted by Gasteiger charge is -2.32. The second-order valence-electron chi connectivity index (χ2n) is 7.97. The number of nitrogens with one attached hydrogen (secondary N) is 2. The van der Waals surface area contributed by atoms with Gasteiger partial charge in [-0.05, 0) is 63.1 Å². The highest BCUT2D eigenvalue weighted by molar-refractivity contribution is 7.89. The molecule has 1 fully saturated rings. The number of piperidine rings is 1. The van der Waals surface area contributed by atoms with Crippen LogP contribution in [-0.2, 0) is 19.6 Å². The van der Waals surface area contributed by atoms with Crippen molar-refractivity contribution >= 4 is 27.5 Å². The molecule has 2 aromatic carbocycles. The molecule has 0 aliphatic carbocycles. The van der Waals surface area contributed by atoms with Gasteiger partial charge in [-0.25, -0.2) is 8.42 Å². The van der Waals surface area contributed by atoms with E-state index in [-0.39, 0.29) is 22.8 Å². The molecule has 1 saturated heterocycles. The van der Waals surface area contributed by atoms with Crippen LogP contribution in [0.5, 0.6) is 5.75 Å². The van der Waals surface area contributed by atoms with Gasteiger partial charge in [-0.3, -0.25) is 9.59 Å². The summed E-state index contributed by atoms with van der Waals surface area (Å²) in [5.74, 6) is 0.187. The maximum Gasteiger partial charge on any atom is 0.260 e. The molecule has 0 spiro atoms. The summed E-state index contributed by atoms with van der Waals surface area (Å²) in [5.41, 5.74) is 1.65. The van der Waals surface area contributed by atoms with Gasteiger partial charge in [0.15, 0.2) is 6.10 Å². The van der Waals surface area contributed by atoms with E-state index >= 15 is 0 Å². The number of anilines is 1. The van der Waals surface area contributed by atoms with Crippen LogP contribution in [0.15, 0.2) is 53.4 Å². The second kappa shape index (κ2) is 10.1. The Hall–Kier alpha value is -2.91. The van der Waals surface area contributed by atoms with Crippen molar-refractivity contribution in [2.75, 3.05) is 18.4 Å². The molecule has 2 aromatic rings. The highest BCUT2D eigenvalue weighted by Gasteiger charge is 2.30. The van der Waals surface area contributed by atoms with Crippen LogP contribution >= 0.6 is 0 Å². The van der Waals surface area contributed by atoms with E-state index in [9.17, 15) is 18.0 Å². The largest absolute Gasteiger partial charge is 0.481 e. The van der Waals surface area contributed by atoms with Crippen LogP contribution in [0.2, 0.25) is 0 Å². The van der Waals surface area contributed by atoms with Crippen LogP contribution in [-0.4, -0.2) is 49.8 Å². The molecule has 0 bridgehead atoms. The zero-order valence-corrected chi connectivity index (χ0v) is 19.3. The summed E-state index contributed by atoms with van der Waals surface area (Å²) in [7, 11) is -3.64. The van der Waals surface area contributed by atoms with Gasteiger partial charge in [-0.2, -0.15) is 4.31 Å². The SMILES string of the molecule is CC(=O)Nc1ccc(S(=O)(=O)N2CCC(NC(=O)C(C)Oc3ccc(C)cc3)CC2)cc1. The molecular formula is C23H29N3O5S. The Morgan fingerprint density at radius 2 is 1.62 bits per heavy atom. The number of sulfonamides is 1. The van der Waals surface area contributed by atoms with Crippen molar-refractivity contribution in [2.24, 2.45) is 0 Å². The van der Waals surface area contributed by atoms with Gasteiger partial charge < -0.3 is 15.4 Å². The van der Waals surface area contributed by atoms with Gasteiger partial charge in [-0.1, -0.05) is 17.7 Å². The number of benzene rings is 2. The first-order chi connectivity index (χ1) is 15.1. The number of carbonyl (C=O) groups is 2. The van der Waals surface area contributed by atoms with E-state index in [4.69, 9.17) is 4.74 Å². The van der Waals surface area contributed by atoms with Crippen molar-refractivity contribution in [3.63, 3.8) is 0 Å². The summed E-state index contributed by atoms with van der Waals surface area (Å²) in [6, 6.07) is 13.5. The zero-order valence-electron chi connectivity index (χ0n) is 18.5. The Kier molecular flexibility index (Phi) is 7.52. The monoisotopic (exact) mass is 459 g/mol. The van der Waals surface area contributed by atoms with Crippen LogP contribution in [0, 0.1) is 6.92 Å². The number of carbonyl (C=O) groups excluding carboxylic acids is 2. The molecule has 1 unspecified atom stereocenters. The van der Waals surface area contributed by atoms with Crippen LogP contribution in [0.3, 0.4) is 0 Å². The number of hydrogen-bond acceptors (Lipinski definition) is 5. The average molecular weight is 460 g/mol. The van der Waals surface area contributed by atoms with Crippen LogP contribution in [0.4, 0.5) is 5.69 Å². The van der Waals surface area contributed by atoms with E-state index in [1.165, 1.54) is 23.4 Å². The van der Waals surface area contributed by atoms with Gasteiger partial charge in [0.2, 0.25) is 15.9 Å². The van der Waals surface area contributed by atoms with Gasteiger partial charge >= 0.3 is 0 Å². The molecule has 1 aliphatic rings. The van der Waals surface area contributed by atoms with E-state index in [0.29, 0.717) is 37.4 Å². The minimum absolute atomic E-state index is 0.111. The van der Waals surface area contributed by atoms with E-state index in [0.717, 1.165) is 5.56 Å². The predicted molar refractivity (Wildman–Crippen MR) is 122 cm³/mol. The Morgan fingerprint density at radius 3 is 2.19 bits per heavy atom. The Balaban J connectivity index is 1.52. The Bertz CT molecular complexity index is 1040. The minimum atomic E-state index is -3.64. The molecule has 1 aliphatic heterocycles. The van der Waals surface area contributed by atoms with Gasteiger partial charge in [0.05, 0.1) is 4.90 Å². The molecule has 1 heterocycles. The number of hydrogen-bond donors (Lipinski definition) is 2. The first kappa shape index (κ1) is 23.7. The van der Waals surface area contributed by atoms with E-state index < -0.39 is 16.1 Å². The third kappa shape index (κ3) is 6.08. The molecule has 1 atom stereocenters. The number of aryl methyl sites for hydroxylation is 1. The maximum atomic E-state index is 12.9. The molecule has 8 nitrogen and oxygen atoms in total. The maximum absolute atomic E-state index is 12.9. The van der Waals surface area contributed by atoms with Gasteiger partial charge in [0.25, 0.3) is 5.91 Å². The molecular weight excluding hydrogens is 430 g/mol. The summed E-state index contributed by atoms with van der Waals surface area (Å²) in [6.07, 6.45) is 0.389. The lowest BCUT2D eigenvalue weighted by molar-refractivity contribution is -0.128. The molecule has 2 amide bonds. The van der Waals surface area contributed by atoms with E-state index in [1.807, 2.05) is 31.2 Å². The zero-order chi connectivity index (χ0) is 23.3. The number of ether oxygens (including phenoxy) is 1.